The van der Waals surface area contributed by atoms with Crippen LogP contribution in [0.15, 0.2) is 36.4 Å². The Balaban J connectivity index is 1.87. The Kier molecular flexibility index (Phi) is 4.60. The number of hydrogen-bond acceptors (Lipinski definition) is 8. The average Bonchev–Trinajstić information content (AvgIpc) is 2.71. The maximum atomic E-state index is 10.9. The molecule has 0 bridgehead atoms. The van der Waals surface area contributed by atoms with Crippen molar-refractivity contribution in [3.05, 3.63) is 36.4 Å². The lowest BCUT2D eigenvalue weighted by atomic mass is 10.1. The number of benzene rings is 2. The third kappa shape index (κ3) is 2.76. The molecule has 5 N–H and O–H groups in total. The number of rotatable bonds is 3. The van der Waals surface area contributed by atoms with Crippen LogP contribution in [-0.2, 0) is 4.74 Å². The van der Waals surface area contributed by atoms with Gasteiger partial charge in [0.05, 0.1) is 19.1 Å². The molecule has 0 spiro atoms. The molecule has 2 heterocycles. The summed E-state index contributed by atoms with van der Waals surface area (Å²) in [5.74, 6) is 0.331. The Hall–Kier alpha value is -2.85. The highest BCUT2D eigenvalue weighted by atomic mass is 16.7. The van der Waals surface area contributed by atoms with Gasteiger partial charge in [-0.3, -0.25) is 5.21 Å². The van der Waals surface area contributed by atoms with E-state index in [1.54, 1.807) is 30.3 Å². The normalized spacial score (nSPS) is 25.1. The van der Waals surface area contributed by atoms with E-state index in [1.165, 1.54) is 13.2 Å². The lowest BCUT2D eigenvalue weighted by molar-refractivity contribution is -0.864. The molecule has 0 saturated carbocycles. The van der Waals surface area contributed by atoms with E-state index in [0.29, 0.717) is 11.1 Å². The summed E-state index contributed by atoms with van der Waals surface area (Å²) in [6.45, 7) is -0.222. The van der Waals surface area contributed by atoms with Crippen molar-refractivity contribution in [1.82, 2.24) is 0 Å². The van der Waals surface area contributed by atoms with Gasteiger partial charge in [0.15, 0.2) is 5.75 Å². The monoisotopic (exact) mass is 390 g/mol. The second-order valence-electron chi connectivity index (χ2n) is 6.54. The molecular weight excluding hydrogens is 370 g/mol. The minimum atomic E-state index is -1.50. The molecule has 4 rings (SSSR count). The van der Waals surface area contributed by atoms with E-state index in [4.69, 9.17) is 14.2 Å². The first-order valence-electron chi connectivity index (χ1n) is 8.62. The van der Waals surface area contributed by atoms with E-state index >= 15 is 0 Å². The topological polar surface area (TPSA) is 133 Å². The zero-order valence-electron chi connectivity index (χ0n) is 14.9. The lowest BCUT2D eigenvalue weighted by Crippen LogP contribution is -2.54. The molecule has 28 heavy (non-hydrogen) atoms. The van der Waals surface area contributed by atoms with Crippen LogP contribution in [0.4, 0.5) is 0 Å². The molecular formula is C19H20NO8+. The number of aliphatic hydroxyl groups is 3. The molecule has 3 aromatic rings. The van der Waals surface area contributed by atoms with Gasteiger partial charge < -0.3 is 34.6 Å². The summed E-state index contributed by atoms with van der Waals surface area (Å²) in [5, 5.41) is 51.6. The van der Waals surface area contributed by atoms with E-state index in [0.717, 1.165) is 4.73 Å². The van der Waals surface area contributed by atoms with Gasteiger partial charge in [0.2, 0.25) is 6.29 Å². The number of aliphatic hydroxyl groups excluding tert-OH is 3. The summed E-state index contributed by atoms with van der Waals surface area (Å²) in [5.41, 5.74) is 0.512. The minimum absolute atomic E-state index is 0.121. The van der Waals surface area contributed by atoms with Crippen LogP contribution in [0.25, 0.3) is 21.8 Å². The molecule has 1 aromatic heterocycles. The van der Waals surface area contributed by atoms with Crippen LogP contribution in [0.1, 0.15) is 0 Å². The number of aromatic nitrogens is 1. The maximum Gasteiger partial charge on any atom is 0.310 e. The Morgan fingerprint density at radius 3 is 2.50 bits per heavy atom. The van der Waals surface area contributed by atoms with Gasteiger partial charge >= 0.3 is 5.52 Å². The third-order valence-corrected chi connectivity index (χ3v) is 4.85. The molecule has 9 heteroatoms. The number of aromatic hydroxyl groups is 1. The highest BCUT2D eigenvalue weighted by molar-refractivity contribution is 6.01. The second-order valence-corrected chi connectivity index (χ2v) is 6.54. The summed E-state index contributed by atoms with van der Waals surface area (Å²) in [7, 11) is 1.46. The van der Waals surface area contributed by atoms with Crippen LogP contribution in [0.5, 0.6) is 17.2 Å². The van der Waals surface area contributed by atoms with Gasteiger partial charge in [0.25, 0.3) is 5.52 Å². The van der Waals surface area contributed by atoms with Crippen molar-refractivity contribution in [2.24, 2.45) is 0 Å². The fourth-order valence-electron chi connectivity index (χ4n) is 3.39. The van der Waals surface area contributed by atoms with Crippen molar-refractivity contribution in [2.45, 2.75) is 24.6 Å². The van der Waals surface area contributed by atoms with E-state index in [1.807, 2.05) is 0 Å². The first kappa shape index (κ1) is 18.5. The van der Waals surface area contributed by atoms with E-state index in [9.17, 15) is 25.6 Å². The Labute approximate surface area is 159 Å². The molecule has 2 aromatic carbocycles. The van der Waals surface area contributed by atoms with Crippen LogP contribution in [0, 0.1) is 0 Å². The van der Waals surface area contributed by atoms with Crippen molar-refractivity contribution in [3.63, 3.8) is 0 Å². The van der Waals surface area contributed by atoms with Gasteiger partial charge in [-0.15, -0.1) is 0 Å². The van der Waals surface area contributed by atoms with Crippen molar-refractivity contribution in [3.8, 4) is 17.2 Å². The van der Waals surface area contributed by atoms with Crippen LogP contribution in [-0.4, -0.2) is 64.0 Å². The molecule has 148 valence electrons. The van der Waals surface area contributed by atoms with Crippen LogP contribution in [0.3, 0.4) is 0 Å². The molecule has 1 saturated heterocycles. The average molecular weight is 390 g/mol. The van der Waals surface area contributed by atoms with E-state index in [-0.39, 0.29) is 34.5 Å². The summed E-state index contributed by atoms with van der Waals surface area (Å²) < 4.78 is 17.1. The van der Waals surface area contributed by atoms with Crippen LogP contribution >= 0.6 is 0 Å². The highest BCUT2D eigenvalue weighted by Crippen LogP contribution is 2.39. The van der Waals surface area contributed by atoms with Gasteiger partial charge in [-0.2, -0.15) is 0 Å². The fraction of sp³-hybridized carbons (Fsp3) is 0.316. The Morgan fingerprint density at radius 1 is 1.04 bits per heavy atom. The van der Waals surface area contributed by atoms with Gasteiger partial charge in [-0.05, 0) is 18.2 Å². The molecule has 9 nitrogen and oxygen atoms in total. The number of nitrogens with zero attached hydrogens (tertiary/aromatic N) is 1. The van der Waals surface area contributed by atoms with Crippen molar-refractivity contribution >= 4 is 21.8 Å². The fourth-order valence-corrected chi connectivity index (χ4v) is 3.39. The maximum absolute atomic E-state index is 10.9. The van der Waals surface area contributed by atoms with E-state index < -0.39 is 24.6 Å². The summed E-state index contributed by atoms with van der Waals surface area (Å²) in [6, 6.07) is 9.63. The minimum Gasteiger partial charge on any atom is -0.506 e. The van der Waals surface area contributed by atoms with Gasteiger partial charge in [-0.25, -0.2) is 0 Å². The van der Waals surface area contributed by atoms with Crippen LogP contribution in [0.2, 0.25) is 0 Å². The first-order chi connectivity index (χ1) is 13.4. The number of pyridine rings is 1. The van der Waals surface area contributed by atoms with Crippen LogP contribution < -0.4 is 14.2 Å². The Morgan fingerprint density at radius 2 is 1.75 bits per heavy atom. The standard InChI is InChI=1S/C19H19NO8/c1-26-13-7-2-4-9-15(13)20(25)10-5-3-6-12(14(10)16(9)22)28-19-18(24)17(23)11(21)8-27-19/h2-7,11,17-19,21,23-25H,8H2,1H3/p+1/t11-,17+,18-,19+/m1/s1. The zero-order valence-corrected chi connectivity index (χ0v) is 14.9. The molecule has 0 aliphatic carbocycles. The Bertz CT molecular complexity index is 1040. The first-order valence-corrected chi connectivity index (χ1v) is 8.62. The van der Waals surface area contributed by atoms with E-state index in [2.05, 4.69) is 0 Å². The smallest absolute Gasteiger partial charge is 0.310 e. The molecule has 1 fully saturated rings. The molecule has 1 aliphatic rings. The van der Waals surface area contributed by atoms with Crippen molar-refractivity contribution in [1.29, 1.82) is 0 Å². The molecule has 0 amide bonds. The zero-order chi connectivity index (χ0) is 20.0. The molecule has 1 aliphatic heterocycles. The van der Waals surface area contributed by atoms with Gasteiger partial charge in [0, 0.05) is 10.8 Å². The molecule has 0 unspecified atom stereocenters. The quantitative estimate of drug-likeness (QED) is 0.241. The van der Waals surface area contributed by atoms with Gasteiger partial charge in [0.1, 0.15) is 35.2 Å². The number of fused-ring (bicyclic) bond motifs is 2. The third-order valence-electron chi connectivity index (χ3n) is 4.85. The largest absolute Gasteiger partial charge is 0.506 e. The number of hydrogen-bond donors (Lipinski definition) is 5. The predicted octanol–water partition coefficient (Wildman–Crippen LogP) is 0.0498. The summed E-state index contributed by atoms with van der Waals surface area (Å²) >= 11 is 0. The highest BCUT2D eigenvalue weighted by Gasteiger charge is 2.39. The molecule has 0 radical (unpaired) electrons. The van der Waals surface area contributed by atoms with Crippen molar-refractivity contribution < 1.29 is 44.6 Å². The van der Waals surface area contributed by atoms with Gasteiger partial charge in [-0.1, -0.05) is 12.1 Å². The number of ether oxygens (including phenoxy) is 3. The lowest BCUT2D eigenvalue weighted by Gasteiger charge is -2.35. The molecule has 4 atom stereocenters. The SMILES string of the molecule is COc1cccc2c(O)c3c(O[C@@H]4OC[C@@H](O)[C@H](O)[C@H]4O)cccc3[n+](O)c12. The number of para-hydroxylation sites is 1. The second kappa shape index (κ2) is 6.95. The predicted molar refractivity (Wildman–Crippen MR) is 95.4 cm³/mol. The number of methoxy groups -OCH3 is 1. The summed E-state index contributed by atoms with van der Waals surface area (Å²) in [6.07, 6.45) is -5.43. The van der Waals surface area contributed by atoms with Crippen molar-refractivity contribution in [2.75, 3.05) is 13.7 Å². The summed E-state index contributed by atoms with van der Waals surface area (Å²) in [4.78, 5) is 0.